The smallest absolute Gasteiger partial charge is 0.296 e. The Kier molecular flexibility index (Phi) is 5.10. The molecule has 7 heteroatoms. The van der Waals surface area contributed by atoms with Crippen molar-refractivity contribution in [3.05, 3.63) is 95.2 Å². The molecule has 1 saturated heterocycles. The Morgan fingerprint density at radius 2 is 1.90 bits per heavy atom. The Morgan fingerprint density at radius 1 is 1.13 bits per heavy atom. The normalized spacial score (nSPS) is 18.1. The number of hydrogen-bond donors (Lipinski definition) is 1. The van der Waals surface area contributed by atoms with Crippen LogP contribution in [-0.4, -0.2) is 28.8 Å². The van der Waals surface area contributed by atoms with Gasteiger partial charge in [0.15, 0.2) is 11.6 Å². The van der Waals surface area contributed by atoms with Gasteiger partial charge in [0.2, 0.25) is 0 Å². The molecule has 6 nitrogen and oxygen atoms in total. The summed E-state index contributed by atoms with van der Waals surface area (Å²) < 4.78 is 24.4. The van der Waals surface area contributed by atoms with E-state index in [9.17, 15) is 19.1 Å². The monoisotopic (exact) mass is 407 g/mol. The molecule has 0 aliphatic carbocycles. The first-order valence-corrected chi connectivity index (χ1v) is 9.21. The molecule has 1 N–H and O–H groups in total. The first kappa shape index (κ1) is 19.4. The molecule has 30 heavy (non-hydrogen) atoms. The lowest BCUT2D eigenvalue weighted by molar-refractivity contribution is -0.140. The molecule has 0 spiro atoms. The molecule has 1 aliphatic heterocycles. The maximum Gasteiger partial charge on any atom is 0.296 e. The van der Waals surface area contributed by atoms with Gasteiger partial charge in [-0.1, -0.05) is 30.3 Å². The largest absolute Gasteiger partial charge is 0.507 e. The molecule has 1 aliphatic rings. The van der Waals surface area contributed by atoms with Crippen LogP contribution in [0.4, 0.5) is 4.39 Å². The number of benzene rings is 2. The molecule has 0 radical (unpaired) electrons. The number of furan rings is 1. The van der Waals surface area contributed by atoms with Crippen LogP contribution in [0.5, 0.6) is 5.75 Å². The summed E-state index contributed by atoms with van der Waals surface area (Å²) in [6, 6.07) is 15.2. The lowest BCUT2D eigenvalue weighted by Crippen LogP contribution is -2.29. The van der Waals surface area contributed by atoms with Crippen molar-refractivity contribution in [3.8, 4) is 5.75 Å². The molecular formula is C23H18FNO5. The average Bonchev–Trinajstić information content (AvgIpc) is 3.36. The Hall–Kier alpha value is -3.87. The number of methoxy groups -OCH3 is 1. The van der Waals surface area contributed by atoms with Gasteiger partial charge < -0.3 is 19.2 Å². The number of aliphatic hydroxyl groups is 1. The quantitative estimate of drug-likeness (QED) is 0.392. The van der Waals surface area contributed by atoms with E-state index in [1.54, 1.807) is 42.5 Å². The van der Waals surface area contributed by atoms with Crippen LogP contribution in [0, 0.1) is 5.82 Å². The first-order chi connectivity index (χ1) is 14.5. The summed E-state index contributed by atoms with van der Waals surface area (Å²) in [4.78, 5) is 27.1. The molecule has 1 fully saturated rings. The third kappa shape index (κ3) is 3.34. The topological polar surface area (TPSA) is 80.0 Å². The number of carbonyl (C=O) groups is 2. The van der Waals surface area contributed by atoms with Gasteiger partial charge in [-0.25, -0.2) is 4.39 Å². The summed E-state index contributed by atoms with van der Waals surface area (Å²) >= 11 is 0. The van der Waals surface area contributed by atoms with Crippen molar-refractivity contribution in [1.82, 2.24) is 4.90 Å². The summed E-state index contributed by atoms with van der Waals surface area (Å²) in [6.45, 7) is 0.0465. The van der Waals surface area contributed by atoms with E-state index in [-0.39, 0.29) is 23.4 Å². The highest BCUT2D eigenvalue weighted by Gasteiger charge is 2.46. The van der Waals surface area contributed by atoms with E-state index in [4.69, 9.17) is 9.15 Å². The molecule has 152 valence electrons. The third-order valence-electron chi connectivity index (χ3n) is 4.99. The van der Waals surface area contributed by atoms with E-state index in [2.05, 4.69) is 0 Å². The van der Waals surface area contributed by atoms with Crippen LogP contribution in [-0.2, 0) is 16.1 Å². The van der Waals surface area contributed by atoms with E-state index in [0.717, 1.165) is 6.07 Å². The van der Waals surface area contributed by atoms with E-state index in [0.29, 0.717) is 11.3 Å². The van der Waals surface area contributed by atoms with Crippen LogP contribution >= 0.6 is 0 Å². The number of rotatable bonds is 5. The van der Waals surface area contributed by atoms with Gasteiger partial charge in [0, 0.05) is 5.56 Å². The number of amides is 1. The Labute approximate surface area is 171 Å². The predicted octanol–water partition coefficient (Wildman–Crippen LogP) is 4.05. The molecule has 3 aromatic rings. The first-order valence-electron chi connectivity index (χ1n) is 9.21. The molecule has 0 saturated carbocycles. The Morgan fingerprint density at radius 3 is 2.53 bits per heavy atom. The predicted molar refractivity (Wildman–Crippen MR) is 106 cm³/mol. The SMILES string of the molecule is COc1ccc(/C(O)=C2\C(=O)C(=O)N(Cc3ccco3)C2c2ccccc2)cc1F. The average molecular weight is 407 g/mol. The molecule has 1 aromatic heterocycles. The van der Waals surface area contributed by atoms with Gasteiger partial charge >= 0.3 is 0 Å². The van der Waals surface area contributed by atoms with Crippen LogP contribution in [0.3, 0.4) is 0 Å². The van der Waals surface area contributed by atoms with Crippen molar-refractivity contribution in [2.75, 3.05) is 7.11 Å². The number of carbonyl (C=O) groups excluding carboxylic acids is 2. The van der Waals surface area contributed by atoms with Crippen molar-refractivity contribution in [2.45, 2.75) is 12.6 Å². The highest BCUT2D eigenvalue weighted by atomic mass is 19.1. The standard InChI is InChI=1S/C23H18FNO5/c1-29-18-10-9-15(12-17(18)24)21(26)19-20(14-6-3-2-4-7-14)25(23(28)22(19)27)13-16-8-5-11-30-16/h2-12,20,26H,13H2,1H3/b21-19+. The molecular weight excluding hydrogens is 389 g/mol. The lowest BCUT2D eigenvalue weighted by atomic mass is 9.95. The number of likely N-dealkylation sites (tertiary alicyclic amines) is 1. The van der Waals surface area contributed by atoms with E-state index >= 15 is 0 Å². The maximum absolute atomic E-state index is 14.2. The summed E-state index contributed by atoms with van der Waals surface area (Å²) in [5.41, 5.74) is 0.603. The molecule has 1 unspecified atom stereocenters. The second-order valence-corrected chi connectivity index (χ2v) is 6.77. The minimum Gasteiger partial charge on any atom is -0.507 e. The molecule has 2 aromatic carbocycles. The Balaban J connectivity index is 1.85. The van der Waals surface area contributed by atoms with Crippen LogP contribution in [0.1, 0.15) is 22.9 Å². The number of ketones is 1. The number of Topliss-reactive ketones (excluding diaryl/α,β-unsaturated/α-hetero) is 1. The van der Waals surface area contributed by atoms with Gasteiger partial charge in [-0.05, 0) is 35.9 Å². The number of ether oxygens (including phenoxy) is 1. The highest BCUT2D eigenvalue weighted by Crippen LogP contribution is 2.40. The molecule has 4 rings (SSSR count). The van der Waals surface area contributed by atoms with Crippen molar-refractivity contribution in [2.24, 2.45) is 0 Å². The molecule has 1 amide bonds. The fourth-order valence-electron chi connectivity index (χ4n) is 3.56. The van der Waals surface area contributed by atoms with E-state index in [1.807, 2.05) is 0 Å². The van der Waals surface area contributed by atoms with Gasteiger partial charge in [0.05, 0.1) is 31.5 Å². The van der Waals surface area contributed by atoms with Gasteiger partial charge in [-0.3, -0.25) is 9.59 Å². The lowest BCUT2D eigenvalue weighted by Gasteiger charge is -2.24. The van der Waals surface area contributed by atoms with Gasteiger partial charge in [-0.2, -0.15) is 0 Å². The zero-order valence-corrected chi connectivity index (χ0v) is 16.0. The fraction of sp³-hybridized carbons (Fsp3) is 0.130. The number of aliphatic hydroxyl groups excluding tert-OH is 1. The Bertz CT molecular complexity index is 1120. The van der Waals surface area contributed by atoms with Gasteiger partial charge in [0.1, 0.15) is 11.5 Å². The molecule has 1 atom stereocenters. The number of halogens is 1. The summed E-state index contributed by atoms with van der Waals surface area (Å²) in [5, 5.41) is 10.9. The maximum atomic E-state index is 14.2. The van der Waals surface area contributed by atoms with Gasteiger partial charge in [0.25, 0.3) is 11.7 Å². The molecule has 2 heterocycles. The second-order valence-electron chi connectivity index (χ2n) is 6.77. The van der Waals surface area contributed by atoms with Crippen molar-refractivity contribution in [3.63, 3.8) is 0 Å². The van der Waals surface area contributed by atoms with Crippen LogP contribution in [0.15, 0.2) is 76.9 Å². The molecule has 0 bridgehead atoms. The fourth-order valence-corrected chi connectivity index (χ4v) is 3.56. The van der Waals surface area contributed by atoms with E-state index in [1.165, 1.54) is 30.4 Å². The minimum atomic E-state index is -0.846. The van der Waals surface area contributed by atoms with Crippen LogP contribution in [0.25, 0.3) is 5.76 Å². The third-order valence-corrected chi connectivity index (χ3v) is 4.99. The second kappa shape index (κ2) is 7.87. The number of nitrogens with zero attached hydrogens (tertiary/aromatic N) is 1. The zero-order chi connectivity index (χ0) is 21.3. The number of hydrogen-bond acceptors (Lipinski definition) is 5. The summed E-state index contributed by atoms with van der Waals surface area (Å²) in [6.07, 6.45) is 1.48. The minimum absolute atomic E-state index is 0.00410. The zero-order valence-electron chi connectivity index (χ0n) is 16.0. The highest BCUT2D eigenvalue weighted by molar-refractivity contribution is 6.46. The summed E-state index contributed by atoms with van der Waals surface area (Å²) in [7, 11) is 1.33. The van der Waals surface area contributed by atoms with Gasteiger partial charge in [-0.15, -0.1) is 0 Å². The van der Waals surface area contributed by atoms with Crippen LogP contribution < -0.4 is 4.74 Å². The van der Waals surface area contributed by atoms with Crippen molar-refractivity contribution in [1.29, 1.82) is 0 Å². The van der Waals surface area contributed by atoms with Crippen molar-refractivity contribution < 1.29 is 28.2 Å². The van der Waals surface area contributed by atoms with E-state index < -0.39 is 29.3 Å². The van der Waals surface area contributed by atoms with Crippen molar-refractivity contribution >= 4 is 17.4 Å². The summed E-state index contributed by atoms with van der Waals surface area (Å²) in [5.74, 6) is -2.26. The van der Waals surface area contributed by atoms with Crippen LogP contribution in [0.2, 0.25) is 0 Å².